The Morgan fingerprint density at radius 2 is 1.75 bits per heavy atom. The van der Waals surface area contributed by atoms with Gasteiger partial charge in [0.15, 0.2) is 6.61 Å². The first kappa shape index (κ1) is 27.1. The maximum absolute atomic E-state index is 10.8. The lowest BCUT2D eigenvalue weighted by atomic mass is 9.96. The van der Waals surface area contributed by atoms with E-state index in [0.717, 1.165) is 64.2 Å². The van der Waals surface area contributed by atoms with Crippen LogP contribution >= 0.6 is 0 Å². The minimum absolute atomic E-state index is 0.351. The second-order valence-electron chi connectivity index (χ2n) is 10.0. The van der Waals surface area contributed by atoms with E-state index in [0.29, 0.717) is 18.1 Å². The van der Waals surface area contributed by atoms with E-state index in [1.807, 2.05) is 32.0 Å². The van der Waals surface area contributed by atoms with Crippen molar-refractivity contribution in [1.29, 1.82) is 0 Å². The van der Waals surface area contributed by atoms with Crippen molar-refractivity contribution in [3.05, 3.63) is 101 Å². The Morgan fingerprint density at radius 3 is 2.50 bits per heavy atom. The molecule has 1 aromatic heterocycles. The van der Waals surface area contributed by atoms with Gasteiger partial charge in [-0.3, -0.25) is 4.90 Å². The highest BCUT2D eigenvalue weighted by molar-refractivity contribution is 5.87. The maximum Gasteiger partial charge on any atom is 0.341 e. The number of carboxylic acid groups (broad SMARTS) is 1. The number of rotatable bonds is 9. The standard InChI is InChI=1S/C34H33NO5/c1-24-20-30(12-14-32(24)39-23-34(36)37)38-19-15-31(28-11-13-33-29(22-28)21-25(2)40-33)27-9-7-26(8-10-27)6-5-18-35-16-3-4-17-35/h7-15,20-22H,3-4,16-19,23H2,1-2H3,(H,36,37). The molecule has 1 N–H and O–H groups in total. The summed E-state index contributed by atoms with van der Waals surface area (Å²) in [6, 6.07) is 22.0. The molecule has 204 valence electrons. The third-order valence-electron chi connectivity index (χ3n) is 6.92. The highest BCUT2D eigenvalue weighted by atomic mass is 16.5. The van der Waals surface area contributed by atoms with Gasteiger partial charge in [-0.15, -0.1) is 0 Å². The highest BCUT2D eigenvalue weighted by Crippen LogP contribution is 2.29. The lowest BCUT2D eigenvalue weighted by Gasteiger charge is -2.12. The summed E-state index contributed by atoms with van der Waals surface area (Å²) in [7, 11) is 0. The smallest absolute Gasteiger partial charge is 0.341 e. The summed E-state index contributed by atoms with van der Waals surface area (Å²) in [6.07, 6.45) is 4.61. The van der Waals surface area contributed by atoms with Crippen molar-refractivity contribution >= 4 is 22.5 Å². The molecule has 0 amide bonds. The monoisotopic (exact) mass is 535 g/mol. The number of nitrogens with zero attached hydrogens (tertiary/aromatic N) is 1. The number of benzene rings is 3. The fourth-order valence-corrected chi connectivity index (χ4v) is 4.91. The number of fused-ring (bicyclic) bond motifs is 1. The normalized spacial score (nSPS) is 13.7. The zero-order valence-corrected chi connectivity index (χ0v) is 22.9. The Kier molecular flexibility index (Phi) is 8.53. The van der Waals surface area contributed by atoms with Gasteiger partial charge in [0, 0.05) is 10.9 Å². The first-order valence-corrected chi connectivity index (χ1v) is 13.5. The average molecular weight is 536 g/mol. The first-order valence-electron chi connectivity index (χ1n) is 13.5. The molecular weight excluding hydrogens is 502 g/mol. The Bertz CT molecular complexity index is 1580. The molecular formula is C34H33NO5. The van der Waals surface area contributed by atoms with Crippen LogP contribution in [0.4, 0.5) is 0 Å². The summed E-state index contributed by atoms with van der Waals surface area (Å²) in [5.74, 6) is 7.69. The molecule has 0 aliphatic carbocycles. The quantitative estimate of drug-likeness (QED) is 0.248. The Hall–Kier alpha value is -4.47. The van der Waals surface area contributed by atoms with Crippen LogP contribution in [-0.2, 0) is 4.79 Å². The summed E-state index contributed by atoms with van der Waals surface area (Å²) in [4.78, 5) is 13.2. The highest BCUT2D eigenvalue weighted by Gasteiger charge is 2.11. The number of carbonyl (C=O) groups is 1. The van der Waals surface area contributed by atoms with Crippen molar-refractivity contribution in [1.82, 2.24) is 4.90 Å². The summed E-state index contributed by atoms with van der Waals surface area (Å²) in [6.45, 7) is 6.90. The summed E-state index contributed by atoms with van der Waals surface area (Å²) in [5, 5.41) is 9.91. The summed E-state index contributed by atoms with van der Waals surface area (Å²) >= 11 is 0. The van der Waals surface area contributed by atoms with E-state index < -0.39 is 5.97 Å². The van der Waals surface area contributed by atoms with Crippen LogP contribution in [0.25, 0.3) is 16.5 Å². The van der Waals surface area contributed by atoms with E-state index >= 15 is 0 Å². The van der Waals surface area contributed by atoms with Crippen LogP contribution in [0.1, 0.15) is 40.9 Å². The number of hydrogen-bond acceptors (Lipinski definition) is 5. The van der Waals surface area contributed by atoms with Gasteiger partial charge < -0.3 is 19.0 Å². The number of ether oxygens (including phenoxy) is 2. The predicted octanol–water partition coefficient (Wildman–Crippen LogP) is 6.47. The van der Waals surface area contributed by atoms with Crippen molar-refractivity contribution in [2.75, 3.05) is 32.8 Å². The van der Waals surface area contributed by atoms with Gasteiger partial charge >= 0.3 is 5.97 Å². The van der Waals surface area contributed by atoms with Crippen molar-refractivity contribution in [2.45, 2.75) is 26.7 Å². The van der Waals surface area contributed by atoms with Gasteiger partial charge in [-0.1, -0.05) is 30.0 Å². The lowest BCUT2D eigenvalue weighted by molar-refractivity contribution is -0.139. The largest absolute Gasteiger partial charge is 0.489 e. The van der Waals surface area contributed by atoms with Crippen molar-refractivity contribution < 1.29 is 23.8 Å². The first-order chi connectivity index (χ1) is 19.4. The number of aliphatic carboxylic acids is 1. The molecule has 0 atom stereocenters. The molecule has 40 heavy (non-hydrogen) atoms. The second kappa shape index (κ2) is 12.6. The molecule has 6 heteroatoms. The van der Waals surface area contributed by atoms with E-state index in [-0.39, 0.29) is 6.61 Å². The molecule has 4 aromatic rings. The minimum atomic E-state index is -1.01. The fourth-order valence-electron chi connectivity index (χ4n) is 4.91. The van der Waals surface area contributed by atoms with Gasteiger partial charge in [-0.25, -0.2) is 4.79 Å². The van der Waals surface area contributed by atoms with Gasteiger partial charge in [0.2, 0.25) is 0 Å². The third kappa shape index (κ3) is 6.93. The number of carboxylic acids is 1. The van der Waals surface area contributed by atoms with Crippen LogP contribution in [0.2, 0.25) is 0 Å². The zero-order chi connectivity index (χ0) is 27.9. The van der Waals surface area contributed by atoms with Crippen LogP contribution in [0, 0.1) is 25.7 Å². The van der Waals surface area contributed by atoms with Gasteiger partial charge in [-0.2, -0.15) is 0 Å². The average Bonchev–Trinajstić information content (AvgIpc) is 3.59. The molecule has 1 aliphatic heterocycles. The summed E-state index contributed by atoms with van der Waals surface area (Å²) in [5.41, 5.74) is 5.86. The predicted molar refractivity (Wildman–Crippen MR) is 157 cm³/mol. The van der Waals surface area contributed by atoms with Gasteiger partial charge in [0.1, 0.15) is 29.4 Å². The van der Waals surface area contributed by atoms with Crippen LogP contribution in [0.3, 0.4) is 0 Å². The van der Waals surface area contributed by atoms with E-state index in [1.165, 1.54) is 12.8 Å². The van der Waals surface area contributed by atoms with Gasteiger partial charge in [0.05, 0.1) is 6.54 Å². The lowest BCUT2D eigenvalue weighted by Crippen LogP contribution is -2.18. The molecule has 5 rings (SSSR count). The second-order valence-corrected chi connectivity index (χ2v) is 10.0. The Morgan fingerprint density at radius 1 is 0.975 bits per heavy atom. The van der Waals surface area contributed by atoms with Crippen LogP contribution in [0.5, 0.6) is 11.5 Å². The molecule has 2 heterocycles. The van der Waals surface area contributed by atoms with Gasteiger partial charge in [0.25, 0.3) is 0 Å². The van der Waals surface area contributed by atoms with Crippen LogP contribution < -0.4 is 9.47 Å². The van der Waals surface area contributed by atoms with E-state index in [1.54, 1.807) is 12.1 Å². The Balaban J connectivity index is 1.35. The zero-order valence-electron chi connectivity index (χ0n) is 22.9. The molecule has 1 fully saturated rings. The molecule has 0 bridgehead atoms. The third-order valence-corrected chi connectivity index (χ3v) is 6.92. The van der Waals surface area contributed by atoms with E-state index in [2.05, 4.69) is 59.2 Å². The maximum atomic E-state index is 10.8. The molecule has 0 radical (unpaired) electrons. The van der Waals surface area contributed by atoms with Crippen molar-refractivity contribution in [2.24, 2.45) is 0 Å². The molecule has 1 aliphatic rings. The molecule has 1 saturated heterocycles. The number of furan rings is 1. The van der Waals surface area contributed by atoms with E-state index in [9.17, 15) is 4.79 Å². The summed E-state index contributed by atoms with van der Waals surface area (Å²) < 4.78 is 17.2. The molecule has 0 unspecified atom stereocenters. The van der Waals surface area contributed by atoms with Crippen LogP contribution in [-0.4, -0.2) is 48.8 Å². The van der Waals surface area contributed by atoms with Crippen molar-refractivity contribution in [3.63, 3.8) is 0 Å². The topological polar surface area (TPSA) is 72.1 Å². The molecule has 3 aromatic carbocycles. The minimum Gasteiger partial charge on any atom is -0.489 e. The molecule has 6 nitrogen and oxygen atoms in total. The Labute approximate surface area is 234 Å². The number of aryl methyl sites for hydroxylation is 2. The number of hydrogen-bond donors (Lipinski definition) is 1. The SMILES string of the molecule is Cc1cc2cc(C(=CCOc3ccc(OCC(=O)O)c(C)c3)c3ccc(C#CCN4CCCC4)cc3)ccc2o1. The van der Waals surface area contributed by atoms with Gasteiger partial charge in [-0.05, 0) is 117 Å². The van der Waals surface area contributed by atoms with E-state index in [4.69, 9.17) is 19.0 Å². The fraction of sp³-hybridized carbons (Fsp3) is 0.265. The number of likely N-dealkylation sites (tertiary alicyclic amines) is 1. The molecule has 0 saturated carbocycles. The molecule has 0 spiro atoms. The van der Waals surface area contributed by atoms with Crippen LogP contribution in [0.15, 0.2) is 77.2 Å². The van der Waals surface area contributed by atoms with Crippen molar-refractivity contribution in [3.8, 4) is 23.3 Å².